The monoisotopic (exact) mass is 348 g/mol. The fourth-order valence-electron chi connectivity index (χ4n) is 2.69. The third-order valence-electron chi connectivity index (χ3n) is 3.86. The van der Waals surface area contributed by atoms with E-state index in [1.165, 1.54) is 12.1 Å². The van der Waals surface area contributed by atoms with Crippen LogP contribution in [0.4, 0.5) is 18.0 Å². The van der Waals surface area contributed by atoms with E-state index in [4.69, 9.17) is 9.47 Å². The second kappa shape index (κ2) is 5.95. The minimum absolute atomic E-state index is 0.267. The zero-order valence-electron chi connectivity index (χ0n) is 13.6. The average Bonchev–Trinajstić information content (AvgIpc) is 2.81. The van der Waals surface area contributed by atoms with Gasteiger partial charge in [0.05, 0.1) is 5.56 Å². The third kappa shape index (κ3) is 3.38. The number of ether oxygens (including phenoxy) is 2. The Morgan fingerprint density at radius 2 is 1.48 bits per heavy atom. The molecule has 2 aromatic carbocycles. The number of halogens is 3. The van der Waals surface area contributed by atoms with Gasteiger partial charge in [0.25, 0.3) is 0 Å². The van der Waals surface area contributed by atoms with Crippen LogP contribution in [0.5, 0.6) is 0 Å². The van der Waals surface area contributed by atoms with Gasteiger partial charge in [-0.3, -0.25) is 0 Å². The molecule has 1 aliphatic rings. The van der Waals surface area contributed by atoms with Gasteiger partial charge in [-0.2, -0.15) is 13.2 Å². The normalized spacial score (nSPS) is 18.5. The van der Waals surface area contributed by atoms with E-state index in [1.807, 2.05) is 6.07 Å². The van der Waals surface area contributed by atoms with Gasteiger partial charge >= 0.3 is 12.3 Å². The van der Waals surface area contributed by atoms with Crippen molar-refractivity contribution in [3.05, 3.63) is 77.0 Å². The number of carbonyl (C=O) groups is 1. The Morgan fingerprint density at radius 3 is 1.96 bits per heavy atom. The van der Waals surface area contributed by atoms with Crippen molar-refractivity contribution in [1.82, 2.24) is 0 Å². The van der Waals surface area contributed by atoms with Crippen molar-refractivity contribution in [3.63, 3.8) is 0 Å². The van der Waals surface area contributed by atoms with E-state index in [0.29, 0.717) is 16.7 Å². The second-order valence-electron chi connectivity index (χ2n) is 6.11. The molecule has 0 aromatic heterocycles. The zero-order chi connectivity index (χ0) is 18.2. The van der Waals surface area contributed by atoms with Crippen LogP contribution in [0.15, 0.2) is 60.4 Å². The number of benzene rings is 2. The van der Waals surface area contributed by atoms with Crippen LogP contribution in [0.25, 0.3) is 5.57 Å². The maximum Gasteiger partial charge on any atom is 0.514 e. The van der Waals surface area contributed by atoms with E-state index >= 15 is 0 Å². The average molecular weight is 348 g/mol. The molecule has 1 fully saturated rings. The van der Waals surface area contributed by atoms with Crippen LogP contribution in [0, 0.1) is 0 Å². The molecule has 1 heterocycles. The quantitative estimate of drug-likeness (QED) is 0.681. The predicted octanol–water partition coefficient (Wildman–Crippen LogP) is 5.41. The van der Waals surface area contributed by atoms with Crippen LogP contribution in [-0.4, -0.2) is 11.8 Å². The van der Waals surface area contributed by atoms with Crippen LogP contribution in [0.3, 0.4) is 0 Å². The molecule has 0 bridgehead atoms. The van der Waals surface area contributed by atoms with Crippen molar-refractivity contribution in [3.8, 4) is 0 Å². The van der Waals surface area contributed by atoms with Gasteiger partial charge in [-0.25, -0.2) is 4.79 Å². The summed E-state index contributed by atoms with van der Waals surface area (Å²) < 4.78 is 48.9. The van der Waals surface area contributed by atoms with Crippen LogP contribution in [-0.2, 0) is 15.7 Å². The van der Waals surface area contributed by atoms with Crippen LogP contribution in [0.2, 0.25) is 0 Å². The van der Waals surface area contributed by atoms with Crippen LogP contribution in [0.1, 0.15) is 30.5 Å². The summed E-state index contributed by atoms with van der Waals surface area (Å²) in [5.74, 6) is 0.267. The van der Waals surface area contributed by atoms with Gasteiger partial charge in [-0.05, 0) is 37.1 Å². The van der Waals surface area contributed by atoms with Gasteiger partial charge in [0.1, 0.15) is 0 Å². The van der Waals surface area contributed by atoms with E-state index < -0.39 is 23.5 Å². The second-order valence-corrected chi connectivity index (χ2v) is 6.11. The lowest BCUT2D eigenvalue weighted by molar-refractivity contribution is -0.137. The molecule has 0 amide bonds. The minimum Gasteiger partial charge on any atom is -0.420 e. The molecule has 0 aliphatic carbocycles. The summed E-state index contributed by atoms with van der Waals surface area (Å²) in [7, 11) is 0. The largest absolute Gasteiger partial charge is 0.514 e. The van der Waals surface area contributed by atoms with Crippen molar-refractivity contribution in [2.75, 3.05) is 0 Å². The molecule has 0 saturated carbocycles. The Balaban J connectivity index is 2.18. The minimum atomic E-state index is -4.42. The molecule has 0 unspecified atom stereocenters. The molecule has 0 radical (unpaired) electrons. The summed E-state index contributed by atoms with van der Waals surface area (Å²) in [4.78, 5) is 11.6. The van der Waals surface area contributed by atoms with Gasteiger partial charge < -0.3 is 9.47 Å². The van der Waals surface area contributed by atoms with Crippen molar-refractivity contribution >= 4 is 11.7 Å². The zero-order valence-corrected chi connectivity index (χ0v) is 13.6. The number of hydrogen-bond acceptors (Lipinski definition) is 3. The van der Waals surface area contributed by atoms with Gasteiger partial charge in [0.2, 0.25) is 0 Å². The smallest absolute Gasteiger partial charge is 0.420 e. The lowest BCUT2D eigenvalue weighted by Crippen LogP contribution is -2.21. The third-order valence-corrected chi connectivity index (χ3v) is 3.86. The molecule has 1 aliphatic heterocycles. The fourth-order valence-corrected chi connectivity index (χ4v) is 2.69. The number of rotatable bonds is 2. The molecule has 0 atom stereocenters. The highest BCUT2D eigenvalue weighted by Gasteiger charge is 2.42. The summed E-state index contributed by atoms with van der Waals surface area (Å²) in [5.41, 5.74) is -0.0349. The summed E-state index contributed by atoms with van der Waals surface area (Å²) in [6, 6.07) is 13.7. The maximum atomic E-state index is 12.8. The van der Waals surface area contributed by atoms with Gasteiger partial charge in [0, 0.05) is 5.57 Å². The van der Waals surface area contributed by atoms with Crippen LogP contribution < -0.4 is 0 Å². The van der Waals surface area contributed by atoms with Gasteiger partial charge in [0.15, 0.2) is 11.4 Å². The van der Waals surface area contributed by atoms with Crippen molar-refractivity contribution in [2.45, 2.75) is 25.6 Å². The molecule has 130 valence electrons. The molecule has 0 spiro atoms. The molecule has 25 heavy (non-hydrogen) atoms. The Kier molecular flexibility index (Phi) is 4.06. The first kappa shape index (κ1) is 17.1. The molecule has 0 N–H and O–H groups in total. The standard InChI is InChI=1S/C19H15F3O3/c1-18(2)16(24-17(23)25-18)15(12-6-4-3-5-7-12)13-8-10-14(11-9-13)19(20,21)22/h3-11H,1-2H3/b16-15-. The fraction of sp³-hybridized carbons (Fsp3) is 0.211. The van der Waals surface area contributed by atoms with Crippen molar-refractivity contribution in [2.24, 2.45) is 0 Å². The van der Waals surface area contributed by atoms with Gasteiger partial charge in [-0.1, -0.05) is 42.5 Å². The van der Waals surface area contributed by atoms with Crippen molar-refractivity contribution in [1.29, 1.82) is 0 Å². The molecule has 2 aromatic rings. The van der Waals surface area contributed by atoms with E-state index in [0.717, 1.165) is 12.1 Å². The predicted molar refractivity (Wildman–Crippen MR) is 85.6 cm³/mol. The number of carbonyl (C=O) groups excluding carboxylic acids is 1. The Morgan fingerprint density at radius 1 is 0.920 bits per heavy atom. The highest BCUT2D eigenvalue weighted by Crippen LogP contribution is 2.39. The van der Waals surface area contributed by atoms with E-state index in [-0.39, 0.29) is 5.76 Å². The SMILES string of the molecule is CC1(C)OC(=O)O/C1=C(/c1ccccc1)c1ccc(C(F)(F)F)cc1. The molecule has 3 rings (SSSR count). The van der Waals surface area contributed by atoms with E-state index in [9.17, 15) is 18.0 Å². The summed E-state index contributed by atoms with van der Waals surface area (Å²) >= 11 is 0. The maximum absolute atomic E-state index is 12.8. The first-order valence-corrected chi connectivity index (χ1v) is 7.57. The first-order valence-electron chi connectivity index (χ1n) is 7.57. The lowest BCUT2D eigenvalue weighted by Gasteiger charge is -2.19. The van der Waals surface area contributed by atoms with E-state index in [2.05, 4.69) is 0 Å². The summed E-state index contributed by atoms with van der Waals surface area (Å²) in [6.45, 7) is 3.33. The molecule has 1 saturated heterocycles. The molecule has 3 nitrogen and oxygen atoms in total. The molecular weight excluding hydrogens is 333 g/mol. The first-order chi connectivity index (χ1) is 11.7. The Hall–Kier alpha value is -2.76. The number of hydrogen-bond donors (Lipinski definition) is 0. The molecule has 6 heteroatoms. The number of cyclic esters (lactones) is 2. The number of alkyl halides is 3. The summed E-state index contributed by atoms with van der Waals surface area (Å²) in [6.07, 6.45) is -5.25. The van der Waals surface area contributed by atoms with Crippen molar-refractivity contribution < 1.29 is 27.4 Å². The highest BCUT2D eigenvalue weighted by atomic mass is 19.4. The van der Waals surface area contributed by atoms with Gasteiger partial charge in [-0.15, -0.1) is 0 Å². The molecular formula is C19H15F3O3. The topological polar surface area (TPSA) is 35.5 Å². The summed E-state index contributed by atoms with van der Waals surface area (Å²) in [5, 5.41) is 0. The highest BCUT2D eigenvalue weighted by molar-refractivity contribution is 5.85. The Bertz CT molecular complexity index is 819. The van der Waals surface area contributed by atoms with E-state index in [1.54, 1.807) is 38.1 Å². The Labute approximate surface area is 142 Å². The lowest BCUT2D eigenvalue weighted by atomic mass is 9.91. The van der Waals surface area contributed by atoms with Crippen LogP contribution >= 0.6 is 0 Å².